The molecule has 0 aliphatic carbocycles. The number of likely N-dealkylation sites (tertiary alicyclic amines) is 2. The Kier molecular flexibility index (Phi) is 8.33. The molecule has 0 radical (unpaired) electrons. The Morgan fingerprint density at radius 2 is 2.02 bits per heavy atom. The number of ether oxygens (including phenoxy) is 2. The molecule has 4 N–H and O–H groups in total. The number of nitrogens with zero attached hydrogens (tertiary/aromatic N) is 7. The van der Waals surface area contributed by atoms with E-state index in [1.54, 1.807) is 32.9 Å². The topological polar surface area (TPSA) is 168 Å². The number of hydrazine groups is 1. The van der Waals surface area contributed by atoms with Gasteiger partial charge >= 0.3 is 0 Å². The number of methoxy groups -OCH3 is 1. The normalized spacial score (nSPS) is 17.1. The van der Waals surface area contributed by atoms with E-state index in [4.69, 9.17) is 21.1 Å². The second-order valence-electron chi connectivity index (χ2n) is 10.7. The minimum atomic E-state index is -1.03. The smallest absolute Gasteiger partial charge is 0.258 e. The first-order valence-corrected chi connectivity index (χ1v) is 13.9. The lowest BCUT2D eigenvalue weighted by atomic mass is 9.90. The molecule has 0 spiro atoms. The number of pyridine rings is 2. The third-order valence-electron chi connectivity index (χ3n) is 8.19. The first kappa shape index (κ1) is 29.6. The van der Waals surface area contributed by atoms with Crippen LogP contribution in [0.3, 0.4) is 0 Å². The van der Waals surface area contributed by atoms with Gasteiger partial charge in [0.15, 0.2) is 5.60 Å². The first-order valence-electron chi connectivity index (χ1n) is 13.9. The van der Waals surface area contributed by atoms with Gasteiger partial charge in [-0.2, -0.15) is 10.4 Å². The number of fused-ring (bicyclic) bond motifs is 1. The van der Waals surface area contributed by atoms with E-state index in [1.165, 1.54) is 24.3 Å². The monoisotopic (exact) mass is 585 g/mol. The standard InChI is InChI=1S/C30H35N9O4/c1-4-26(40)37-18-30(19-37,42-3)29(41)36-11-8-24(9-12-36)39(33)20(2)27(32)21-13-25(43-17-23-7-5-6-10-34-23)28-22(14-31)15-35-38(28)16-21/h4-7,10,13,15-16,24H,1,8-9,11-12,17-19,32-33H2,2-3H3/b27-20-. The van der Waals surface area contributed by atoms with Crippen molar-refractivity contribution in [3.63, 3.8) is 0 Å². The molecule has 0 saturated carbocycles. The van der Waals surface area contributed by atoms with Gasteiger partial charge in [0, 0.05) is 49.9 Å². The Morgan fingerprint density at radius 3 is 2.65 bits per heavy atom. The van der Waals surface area contributed by atoms with Gasteiger partial charge in [-0.15, -0.1) is 0 Å². The predicted octanol–water partition coefficient (Wildman–Crippen LogP) is 1.41. The molecule has 0 bridgehead atoms. The summed E-state index contributed by atoms with van der Waals surface area (Å²) in [6.07, 6.45) is 7.40. The lowest BCUT2D eigenvalue weighted by molar-refractivity contribution is -0.182. The molecule has 5 rings (SSSR count). The summed E-state index contributed by atoms with van der Waals surface area (Å²) in [5, 5.41) is 15.6. The average molecular weight is 586 g/mol. The highest BCUT2D eigenvalue weighted by Gasteiger charge is 2.53. The van der Waals surface area contributed by atoms with Gasteiger partial charge in [-0.25, -0.2) is 10.4 Å². The summed E-state index contributed by atoms with van der Waals surface area (Å²) < 4.78 is 13.2. The molecule has 2 amide bonds. The number of hydrogen-bond donors (Lipinski definition) is 2. The van der Waals surface area contributed by atoms with E-state index in [0.29, 0.717) is 59.7 Å². The summed E-state index contributed by atoms with van der Waals surface area (Å²) in [6.45, 7) is 6.94. The number of rotatable bonds is 9. The zero-order chi connectivity index (χ0) is 30.7. The minimum Gasteiger partial charge on any atom is -0.485 e. The van der Waals surface area contributed by atoms with Gasteiger partial charge in [-0.05, 0) is 44.0 Å². The number of nitriles is 1. The number of piperidine rings is 1. The lowest BCUT2D eigenvalue weighted by Gasteiger charge is -2.50. The Bertz CT molecular complexity index is 1600. The van der Waals surface area contributed by atoms with Gasteiger partial charge in [-0.1, -0.05) is 12.6 Å². The quantitative estimate of drug-likeness (QED) is 0.213. The van der Waals surface area contributed by atoms with E-state index in [0.717, 1.165) is 5.69 Å². The average Bonchev–Trinajstić information content (AvgIpc) is 3.46. The van der Waals surface area contributed by atoms with E-state index >= 15 is 0 Å². The Balaban J connectivity index is 1.29. The molecule has 13 nitrogen and oxygen atoms in total. The molecule has 5 heterocycles. The van der Waals surface area contributed by atoms with Crippen LogP contribution in [0.4, 0.5) is 0 Å². The molecule has 3 aromatic rings. The largest absolute Gasteiger partial charge is 0.485 e. The maximum absolute atomic E-state index is 13.3. The van der Waals surface area contributed by atoms with Crippen molar-refractivity contribution in [2.24, 2.45) is 11.6 Å². The molecule has 0 aromatic carbocycles. The lowest BCUT2D eigenvalue weighted by Crippen LogP contribution is -2.71. The molecule has 2 saturated heterocycles. The van der Waals surface area contributed by atoms with Crippen LogP contribution in [0.5, 0.6) is 5.75 Å². The molecule has 2 aliphatic rings. The molecular formula is C30H35N9O4. The molecule has 2 aliphatic heterocycles. The summed E-state index contributed by atoms with van der Waals surface area (Å²) >= 11 is 0. The van der Waals surface area contributed by atoms with Crippen LogP contribution in [-0.2, 0) is 20.9 Å². The third-order valence-corrected chi connectivity index (χ3v) is 8.19. The highest BCUT2D eigenvalue weighted by Crippen LogP contribution is 2.31. The molecule has 13 heteroatoms. The summed E-state index contributed by atoms with van der Waals surface area (Å²) in [6, 6.07) is 9.43. The summed E-state index contributed by atoms with van der Waals surface area (Å²) in [5.74, 6) is 6.69. The van der Waals surface area contributed by atoms with Crippen molar-refractivity contribution < 1.29 is 19.1 Å². The maximum Gasteiger partial charge on any atom is 0.258 e. The second-order valence-corrected chi connectivity index (χ2v) is 10.7. The van der Waals surface area contributed by atoms with E-state index in [1.807, 2.05) is 25.1 Å². The second kappa shape index (κ2) is 12.1. The van der Waals surface area contributed by atoms with Crippen molar-refractivity contribution in [2.45, 2.75) is 38.0 Å². The van der Waals surface area contributed by atoms with E-state index in [9.17, 15) is 14.9 Å². The molecule has 0 atom stereocenters. The highest BCUT2D eigenvalue weighted by atomic mass is 16.5. The maximum atomic E-state index is 13.3. The third kappa shape index (κ3) is 5.62. The van der Waals surface area contributed by atoms with Gasteiger partial charge in [-0.3, -0.25) is 14.6 Å². The van der Waals surface area contributed by atoms with Gasteiger partial charge in [0.25, 0.3) is 5.91 Å². The van der Waals surface area contributed by atoms with Crippen molar-refractivity contribution >= 4 is 23.0 Å². The highest BCUT2D eigenvalue weighted by molar-refractivity contribution is 5.93. The van der Waals surface area contributed by atoms with Crippen molar-refractivity contribution in [3.8, 4) is 11.8 Å². The molecule has 224 valence electrons. The Hall–Kier alpha value is -4.93. The van der Waals surface area contributed by atoms with Crippen LogP contribution in [0.2, 0.25) is 0 Å². The fourth-order valence-corrected chi connectivity index (χ4v) is 5.52. The Labute approximate surface area is 249 Å². The molecule has 43 heavy (non-hydrogen) atoms. The zero-order valence-electron chi connectivity index (χ0n) is 24.3. The van der Waals surface area contributed by atoms with Crippen molar-refractivity contribution in [2.75, 3.05) is 33.3 Å². The van der Waals surface area contributed by atoms with E-state index in [-0.39, 0.29) is 37.6 Å². The van der Waals surface area contributed by atoms with Crippen LogP contribution in [0.1, 0.15) is 36.6 Å². The minimum absolute atomic E-state index is 0.0557. The number of aromatic nitrogens is 3. The van der Waals surface area contributed by atoms with Crippen LogP contribution in [0, 0.1) is 11.3 Å². The molecular weight excluding hydrogens is 550 g/mol. The summed E-state index contributed by atoms with van der Waals surface area (Å²) in [5.41, 5.74) is 8.97. The number of allylic oxidation sites excluding steroid dienone is 1. The van der Waals surface area contributed by atoms with Crippen molar-refractivity contribution in [1.29, 1.82) is 5.26 Å². The fourth-order valence-electron chi connectivity index (χ4n) is 5.52. The van der Waals surface area contributed by atoms with Gasteiger partial charge < -0.3 is 30.0 Å². The first-order chi connectivity index (χ1) is 20.7. The van der Waals surface area contributed by atoms with Crippen molar-refractivity contribution in [3.05, 3.63) is 78.0 Å². The summed E-state index contributed by atoms with van der Waals surface area (Å²) in [4.78, 5) is 32.8. The number of carbonyl (C=O) groups excluding carboxylic acids is 2. The Morgan fingerprint density at radius 1 is 1.28 bits per heavy atom. The van der Waals surface area contributed by atoms with Crippen molar-refractivity contribution in [1.82, 2.24) is 29.4 Å². The van der Waals surface area contributed by atoms with Crippen LogP contribution in [0.25, 0.3) is 11.2 Å². The zero-order valence-corrected chi connectivity index (χ0v) is 24.3. The predicted molar refractivity (Wildman–Crippen MR) is 157 cm³/mol. The van der Waals surface area contributed by atoms with Crippen LogP contribution in [0.15, 0.2) is 61.2 Å². The molecule has 2 fully saturated rings. The van der Waals surface area contributed by atoms with Gasteiger partial charge in [0.2, 0.25) is 5.91 Å². The van der Waals surface area contributed by atoms with Crippen LogP contribution >= 0.6 is 0 Å². The molecule has 3 aromatic heterocycles. The van der Waals surface area contributed by atoms with E-state index < -0.39 is 5.60 Å². The number of carbonyl (C=O) groups is 2. The number of amides is 2. The fraction of sp³-hybridized carbons (Fsp3) is 0.367. The van der Waals surface area contributed by atoms with Crippen LogP contribution < -0.4 is 16.3 Å². The van der Waals surface area contributed by atoms with Gasteiger partial charge in [0.1, 0.15) is 29.5 Å². The number of hydrogen-bond acceptors (Lipinski definition) is 10. The SMILES string of the molecule is C=CC(=O)N1CC(OC)(C(=O)N2CCC(N(N)/C(C)=C(\N)c3cc(OCc4ccccn4)c4c(C#N)cnn4c3)CC2)C1. The summed E-state index contributed by atoms with van der Waals surface area (Å²) in [7, 11) is 1.50. The number of nitrogens with two attached hydrogens (primary N) is 2. The van der Waals surface area contributed by atoms with E-state index in [2.05, 4.69) is 22.7 Å². The van der Waals surface area contributed by atoms with Crippen LogP contribution in [-0.4, -0.2) is 86.2 Å². The molecule has 0 unspecified atom stereocenters. The van der Waals surface area contributed by atoms with Gasteiger partial charge in [0.05, 0.1) is 30.7 Å².